The molecule has 4 rings (SSSR count). The molecule has 1 aliphatic heterocycles. The van der Waals surface area contributed by atoms with Crippen LogP contribution in [0.2, 0.25) is 0 Å². The van der Waals surface area contributed by atoms with Gasteiger partial charge in [0, 0.05) is 31.9 Å². The van der Waals surface area contributed by atoms with Crippen LogP contribution in [0.5, 0.6) is 0 Å². The lowest BCUT2D eigenvalue weighted by Crippen LogP contribution is -2.44. The number of aryl methyl sites for hydroxylation is 2. The highest BCUT2D eigenvalue weighted by atomic mass is 16.2. The number of fused-ring (bicyclic) bond motifs is 1. The number of hydrogen-bond acceptors (Lipinski definition) is 7. The fraction of sp³-hybridized carbons (Fsp3) is 0.364. The monoisotopic (exact) mass is 420 g/mol. The molecule has 1 saturated heterocycles. The van der Waals surface area contributed by atoms with Gasteiger partial charge in [-0.15, -0.1) is 5.10 Å². The molecule has 3 aromatic heterocycles. The highest BCUT2D eigenvalue weighted by Gasteiger charge is 2.18. The SMILES string of the molecule is CC/C(N)=C/c1nc(C(=O)Nc2cc(C)c3nc(C)cn3n2)ccc1N1CCNCC1. The minimum absolute atomic E-state index is 0.315. The van der Waals surface area contributed by atoms with Gasteiger partial charge in [-0.1, -0.05) is 6.92 Å². The molecule has 31 heavy (non-hydrogen) atoms. The topological polar surface area (TPSA) is 113 Å². The molecule has 0 aromatic carbocycles. The third-order valence-electron chi connectivity index (χ3n) is 5.29. The summed E-state index contributed by atoms with van der Waals surface area (Å²) in [5.41, 5.74) is 11.4. The average Bonchev–Trinajstić information content (AvgIpc) is 3.15. The maximum absolute atomic E-state index is 12.9. The van der Waals surface area contributed by atoms with Gasteiger partial charge in [0.15, 0.2) is 11.5 Å². The number of hydrogen-bond donors (Lipinski definition) is 3. The molecular weight excluding hydrogens is 392 g/mol. The van der Waals surface area contributed by atoms with E-state index in [4.69, 9.17) is 5.73 Å². The molecule has 9 nitrogen and oxygen atoms in total. The van der Waals surface area contributed by atoms with Gasteiger partial charge in [-0.3, -0.25) is 4.79 Å². The van der Waals surface area contributed by atoms with E-state index in [1.807, 2.05) is 45.2 Å². The molecule has 1 aliphatic rings. The number of allylic oxidation sites excluding steroid dienone is 1. The molecule has 0 aliphatic carbocycles. The summed E-state index contributed by atoms with van der Waals surface area (Å²) >= 11 is 0. The fourth-order valence-electron chi connectivity index (χ4n) is 3.64. The molecule has 162 valence electrons. The standard InChI is InChI=1S/C22H28N8O/c1-4-16(23)12-18-19(29-9-7-24-8-10-29)6-5-17(26-18)22(31)27-20-11-14(2)21-25-15(3)13-30(21)28-20/h5-6,11-13,24H,4,7-10,23H2,1-3H3,(H,27,28,31)/b16-12-. The minimum Gasteiger partial charge on any atom is -0.402 e. The molecule has 0 saturated carbocycles. The Hall–Kier alpha value is -3.46. The van der Waals surface area contributed by atoms with Crippen LogP contribution in [-0.4, -0.2) is 51.7 Å². The number of imidazole rings is 1. The molecule has 3 aromatic rings. The first-order chi connectivity index (χ1) is 14.9. The van der Waals surface area contributed by atoms with Crippen molar-refractivity contribution in [1.29, 1.82) is 0 Å². The number of nitrogens with zero attached hydrogens (tertiary/aromatic N) is 5. The summed E-state index contributed by atoms with van der Waals surface area (Å²) in [5.74, 6) is 0.130. The predicted molar refractivity (Wildman–Crippen MR) is 122 cm³/mol. The van der Waals surface area contributed by atoms with Crippen LogP contribution in [0.1, 0.15) is 40.8 Å². The van der Waals surface area contributed by atoms with E-state index in [9.17, 15) is 4.79 Å². The van der Waals surface area contributed by atoms with Crippen LogP contribution in [0.15, 0.2) is 30.1 Å². The van der Waals surface area contributed by atoms with E-state index >= 15 is 0 Å². The second kappa shape index (κ2) is 8.73. The first-order valence-corrected chi connectivity index (χ1v) is 10.5. The lowest BCUT2D eigenvalue weighted by atomic mass is 10.1. The Morgan fingerprint density at radius 3 is 2.77 bits per heavy atom. The van der Waals surface area contributed by atoms with Gasteiger partial charge in [0.25, 0.3) is 5.91 Å². The molecule has 0 spiro atoms. The van der Waals surface area contributed by atoms with Gasteiger partial charge >= 0.3 is 0 Å². The van der Waals surface area contributed by atoms with Gasteiger partial charge in [0.1, 0.15) is 5.69 Å². The number of piperazine rings is 1. The number of aromatic nitrogens is 4. The van der Waals surface area contributed by atoms with Gasteiger partial charge < -0.3 is 21.3 Å². The van der Waals surface area contributed by atoms with Crippen molar-refractivity contribution in [2.75, 3.05) is 36.4 Å². The Morgan fingerprint density at radius 1 is 1.26 bits per heavy atom. The summed E-state index contributed by atoms with van der Waals surface area (Å²) in [7, 11) is 0. The van der Waals surface area contributed by atoms with Crippen LogP contribution in [0.25, 0.3) is 11.7 Å². The number of nitrogens with one attached hydrogen (secondary N) is 2. The molecule has 9 heteroatoms. The molecular formula is C22H28N8O. The van der Waals surface area contributed by atoms with Crippen molar-refractivity contribution >= 4 is 29.1 Å². The molecule has 0 unspecified atom stereocenters. The summed E-state index contributed by atoms with van der Waals surface area (Å²) in [6.45, 7) is 9.44. The Morgan fingerprint density at radius 2 is 2.03 bits per heavy atom. The zero-order valence-electron chi connectivity index (χ0n) is 18.1. The third-order valence-corrected chi connectivity index (χ3v) is 5.29. The summed E-state index contributed by atoms with van der Waals surface area (Å²) in [6, 6.07) is 5.51. The van der Waals surface area contributed by atoms with Gasteiger partial charge in [-0.05, 0) is 50.1 Å². The van der Waals surface area contributed by atoms with Gasteiger partial charge in [0.05, 0.1) is 23.3 Å². The Balaban J connectivity index is 1.64. The number of anilines is 2. The van der Waals surface area contributed by atoms with Crippen LogP contribution in [-0.2, 0) is 0 Å². The van der Waals surface area contributed by atoms with Crippen molar-refractivity contribution in [3.05, 3.63) is 52.7 Å². The van der Waals surface area contributed by atoms with E-state index in [0.717, 1.165) is 54.5 Å². The number of amides is 1. The molecule has 0 atom stereocenters. The van der Waals surface area contributed by atoms with Crippen LogP contribution >= 0.6 is 0 Å². The van der Waals surface area contributed by atoms with Crippen molar-refractivity contribution in [3.63, 3.8) is 0 Å². The van der Waals surface area contributed by atoms with Crippen molar-refractivity contribution in [3.8, 4) is 0 Å². The molecule has 0 radical (unpaired) electrons. The van der Waals surface area contributed by atoms with Crippen LogP contribution in [0, 0.1) is 13.8 Å². The lowest BCUT2D eigenvalue weighted by molar-refractivity contribution is 0.102. The molecule has 1 amide bonds. The summed E-state index contributed by atoms with van der Waals surface area (Å²) in [4.78, 5) is 24.3. The van der Waals surface area contributed by atoms with Gasteiger partial charge in [-0.2, -0.15) is 0 Å². The van der Waals surface area contributed by atoms with Crippen molar-refractivity contribution in [2.45, 2.75) is 27.2 Å². The summed E-state index contributed by atoms with van der Waals surface area (Å²) < 4.78 is 1.68. The molecule has 1 fully saturated rings. The maximum atomic E-state index is 12.9. The smallest absolute Gasteiger partial charge is 0.275 e. The highest BCUT2D eigenvalue weighted by Crippen LogP contribution is 2.23. The minimum atomic E-state index is -0.320. The van der Waals surface area contributed by atoms with Crippen molar-refractivity contribution in [1.82, 2.24) is 24.9 Å². The fourth-order valence-corrected chi connectivity index (χ4v) is 3.64. The van der Waals surface area contributed by atoms with Crippen molar-refractivity contribution in [2.24, 2.45) is 5.73 Å². The first kappa shape index (κ1) is 20.8. The van der Waals surface area contributed by atoms with Gasteiger partial charge in [0.2, 0.25) is 0 Å². The van der Waals surface area contributed by atoms with Crippen LogP contribution in [0.4, 0.5) is 11.5 Å². The Kier molecular flexibility index (Phi) is 5.85. The Bertz CT molecular complexity index is 1140. The number of carbonyl (C=O) groups is 1. The zero-order chi connectivity index (χ0) is 22.0. The second-order valence-electron chi connectivity index (χ2n) is 7.73. The largest absolute Gasteiger partial charge is 0.402 e. The maximum Gasteiger partial charge on any atom is 0.275 e. The number of carbonyl (C=O) groups excluding carboxylic acids is 1. The number of nitrogens with two attached hydrogens (primary N) is 1. The van der Waals surface area contributed by atoms with E-state index < -0.39 is 0 Å². The lowest BCUT2D eigenvalue weighted by Gasteiger charge is -2.30. The summed E-state index contributed by atoms with van der Waals surface area (Å²) in [5, 5.41) is 10.7. The van der Waals surface area contributed by atoms with E-state index in [1.165, 1.54) is 0 Å². The first-order valence-electron chi connectivity index (χ1n) is 10.5. The zero-order valence-corrected chi connectivity index (χ0v) is 18.1. The predicted octanol–water partition coefficient (Wildman–Crippen LogP) is 2.11. The Labute approximate surface area is 181 Å². The van der Waals surface area contributed by atoms with E-state index in [0.29, 0.717) is 23.6 Å². The average molecular weight is 421 g/mol. The van der Waals surface area contributed by atoms with Crippen LogP contribution < -0.4 is 21.3 Å². The normalized spacial score (nSPS) is 14.8. The van der Waals surface area contributed by atoms with Crippen LogP contribution in [0.3, 0.4) is 0 Å². The van der Waals surface area contributed by atoms with E-state index in [-0.39, 0.29) is 5.91 Å². The molecule has 4 heterocycles. The summed E-state index contributed by atoms with van der Waals surface area (Å²) in [6.07, 6.45) is 4.40. The number of rotatable bonds is 5. The van der Waals surface area contributed by atoms with E-state index in [1.54, 1.807) is 10.6 Å². The van der Waals surface area contributed by atoms with Crippen molar-refractivity contribution < 1.29 is 4.79 Å². The second-order valence-corrected chi connectivity index (χ2v) is 7.73. The molecule has 0 bridgehead atoms. The quantitative estimate of drug-likeness (QED) is 0.579. The molecule has 4 N–H and O–H groups in total. The highest BCUT2D eigenvalue weighted by molar-refractivity contribution is 6.02. The van der Waals surface area contributed by atoms with Gasteiger partial charge in [-0.25, -0.2) is 14.5 Å². The number of pyridine rings is 1. The third kappa shape index (κ3) is 4.51. The van der Waals surface area contributed by atoms with E-state index in [2.05, 4.69) is 30.6 Å².